The Labute approximate surface area is 150 Å². The Morgan fingerprint density at radius 2 is 2.19 bits per heavy atom. The van der Waals surface area contributed by atoms with E-state index in [1.165, 1.54) is 0 Å². The molecule has 0 aliphatic carbocycles. The number of ether oxygens (including phenoxy) is 1. The Bertz CT molecular complexity index is 939. The number of aromatic nitrogens is 2. The van der Waals surface area contributed by atoms with Gasteiger partial charge < -0.3 is 19.3 Å². The van der Waals surface area contributed by atoms with Gasteiger partial charge in [-0.1, -0.05) is 11.2 Å². The van der Waals surface area contributed by atoms with Crippen molar-refractivity contribution in [1.29, 1.82) is 0 Å². The maximum atomic E-state index is 12.4. The Morgan fingerprint density at radius 1 is 1.31 bits per heavy atom. The minimum atomic E-state index is -0.773. The van der Waals surface area contributed by atoms with Crippen LogP contribution >= 0.6 is 0 Å². The van der Waals surface area contributed by atoms with Gasteiger partial charge in [-0.25, -0.2) is 0 Å². The van der Waals surface area contributed by atoms with Gasteiger partial charge in [0, 0.05) is 36.8 Å². The fourth-order valence-corrected chi connectivity index (χ4v) is 3.17. The lowest BCUT2D eigenvalue weighted by atomic mass is 10.0. The third kappa shape index (κ3) is 3.25. The molecule has 0 radical (unpaired) electrons. The first kappa shape index (κ1) is 16.5. The molecule has 2 atom stereocenters. The van der Waals surface area contributed by atoms with Crippen LogP contribution in [0.2, 0.25) is 0 Å². The zero-order valence-electron chi connectivity index (χ0n) is 14.3. The van der Waals surface area contributed by atoms with E-state index in [2.05, 4.69) is 10.1 Å². The van der Waals surface area contributed by atoms with E-state index in [9.17, 15) is 9.90 Å². The highest BCUT2D eigenvalue weighted by atomic mass is 16.5. The molecule has 1 aliphatic heterocycles. The number of hydrogen-bond donors (Lipinski definition) is 1. The average Bonchev–Trinajstić information content (AvgIpc) is 3.09. The van der Waals surface area contributed by atoms with Gasteiger partial charge >= 0.3 is 0 Å². The minimum Gasteiger partial charge on any atom is -0.488 e. The third-order valence-corrected chi connectivity index (χ3v) is 4.55. The zero-order valence-corrected chi connectivity index (χ0v) is 14.3. The van der Waals surface area contributed by atoms with Gasteiger partial charge in [0.15, 0.2) is 5.69 Å². The van der Waals surface area contributed by atoms with E-state index in [4.69, 9.17) is 9.26 Å². The molecule has 1 fully saturated rings. The van der Waals surface area contributed by atoms with Gasteiger partial charge in [-0.15, -0.1) is 0 Å². The SMILES string of the molecule is Cc1cc(C(=O)N2CC[C@@H](Oc3ccc4ccncc4c3)[C@H](O)C2)no1. The first-order chi connectivity index (χ1) is 12.6. The molecule has 2 aromatic heterocycles. The number of piperidine rings is 1. The monoisotopic (exact) mass is 353 g/mol. The summed E-state index contributed by atoms with van der Waals surface area (Å²) in [6.07, 6.45) is 2.92. The van der Waals surface area contributed by atoms with Gasteiger partial charge in [0.05, 0.1) is 6.54 Å². The predicted octanol–water partition coefficient (Wildman–Crippen LogP) is 2.19. The van der Waals surface area contributed by atoms with Crippen LogP contribution in [0.3, 0.4) is 0 Å². The highest BCUT2D eigenvalue weighted by Gasteiger charge is 2.33. The topological polar surface area (TPSA) is 88.7 Å². The van der Waals surface area contributed by atoms with Gasteiger partial charge in [-0.05, 0) is 30.5 Å². The standard InChI is InChI=1S/C19H19N3O4/c1-12-8-16(21-26-12)19(24)22-7-5-18(17(23)11-22)25-15-3-2-13-4-6-20-10-14(13)9-15/h2-4,6,8-10,17-18,23H,5,7,11H2,1H3/t17-,18-/m1/s1. The van der Waals surface area contributed by atoms with Gasteiger partial charge in [-0.2, -0.15) is 0 Å². The van der Waals surface area contributed by atoms with E-state index in [-0.39, 0.29) is 24.2 Å². The van der Waals surface area contributed by atoms with Crippen LogP contribution in [0.5, 0.6) is 5.75 Å². The van der Waals surface area contributed by atoms with Crippen molar-refractivity contribution in [2.45, 2.75) is 25.6 Å². The van der Waals surface area contributed by atoms with Gasteiger partial charge in [-0.3, -0.25) is 9.78 Å². The van der Waals surface area contributed by atoms with Crippen molar-refractivity contribution in [1.82, 2.24) is 15.0 Å². The van der Waals surface area contributed by atoms with Crippen LogP contribution in [0.1, 0.15) is 22.7 Å². The number of benzene rings is 1. The number of aliphatic hydroxyl groups is 1. The summed E-state index contributed by atoms with van der Waals surface area (Å²) in [6.45, 7) is 2.42. The van der Waals surface area contributed by atoms with E-state index in [0.717, 1.165) is 10.8 Å². The molecule has 1 amide bonds. The van der Waals surface area contributed by atoms with Crippen LogP contribution in [0.4, 0.5) is 0 Å². The first-order valence-electron chi connectivity index (χ1n) is 8.51. The van der Waals surface area contributed by atoms with E-state index in [0.29, 0.717) is 24.5 Å². The molecule has 1 aliphatic rings. The van der Waals surface area contributed by atoms with Crippen molar-refractivity contribution < 1.29 is 19.2 Å². The van der Waals surface area contributed by atoms with Gasteiger partial charge in [0.1, 0.15) is 23.7 Å². The molecule has 134 valence electrons. The summed E-state index contributed by atoms with van der Waals surface area (Å²) in [5, 5.41) is 16.2. The molecule has 1 saturated heterocycles. The number of fused-ring (bicyclic) bond motifs is 1. The van der Waals surface area contributed by atoms with E-state index in [1.54, 1.807) is 30.3 Å². The predicted molar refractivity (Wildman–Crippen MR) is 93.9 cm³/mol. The second-order valence-corrected chi connectivity index (χ2v) is 6.47. The number of carbonyl (C=O) groups excluding carboxylic acids is 1. The second-order valence-electron chi connectivity index (χ2n) is 6.47. The normalized spacial score (nSPS) is 20.3. The fraction of sp³-hybridized carbons (Fsp3) is 0.316. The van der Waals surface area contributed by atoms with Crippen molar-refractivity contribution >= 4 is 16.7 Å². The van der Waals surface area contributed by atoms with Crippen molar-refractivity contribution in [3.8, 4) is 5.75 Å². The largest absolute Gasteiger partial charge is 0.488 e. The van der Waals surface area contributed by atoms with Gasteiger partial charge in [0.25, 0.3) is 5.91 Å². The lowest BCUT2D eigenvalue weighted by molar-refractivity contribution is -0.0200. The molecule has 1 aromatic carbocycles. The summed E-state index contributed by atoms with van der Waals surface area (Å²) >= 11 is 0. The van der Waals surface area contributed by atoms with Crippen LogP contribution in [-0.4, -0.2) is 51.4 Å². The van der Waals surface area contributed by atoms with E-state index in [1.807, 2.05) is 24.3 Å². The Hall–Kier alpha value is -2.93. The number of amides is 1. The third-order valence-electron chi connectivity index (χ3n) is 4.55. The molecule has 26 heavy (non-hydrogen) atoms. The summed E-state index contributed by atoms with van der Waals surface area (Å²) in [5.41, 5.74) is 0.260. The van der Waals surface area contributed by atoms with E-state index < -0.39 is 6.10 Å². The Kier molecular flexibility index (Phi) is 4.30. The summed E-state index contributed by atoms with van der Waals surface area (Å²) < 4.78 is 10.9. The molecular weight excluding hydrogens is 334 g/mol. The number of aryl methyl sites for hydroxylation is 1. The average molecular weight is 353 g/mol. The lowest BCUT2D eigenvalue weighted by Gasteiger charge is -2.35. The molecule has 1 N–H and O–H groups in total. The van der Waals surface area contributed by atoms with E-state index >= 15 is 0 Å². The highest BCUT2D eigenvalue weighted by molar-refractivity contribution is 5.92. The summed E-state index contributed by atoms with van der Waals surface area (Å²) in [4.78, 5) is 18.1. The molecule has 0 unspecified atom stereocenters. The van der Waals surface area contributed by atoms with Crippen LogP contribution in [0, 0.1) is 6.92 Å². The lowest BCUT2D eigenvalue weighted by Crippen LogP contribution is -2.51. The van der Waals surface area contributed by atoms with Crippen LogP contribution < -0.4 is 4.74 Å². The quantitative estimate of drug-likeness (QED) is 0.776. The molecule has 3 aromatic rings. The molecule has 0 saturated carbocycles. The summed E-state index contributed by atoms with van der Waals surface area (Å²) in [6, 6.07) is 9.28. The number of carbonyl (C=O) groups is 1. The molecule has 7 nitrogen and oxygen atoms in total. The fourth-order valence-electron chi connectivity index (χ4n) is 3.17. The van der Waals surface area contributed by atoms with Crippen molar-refractivity contribution in [3.63, 3.8) is 0 Å². The summed E-state index contributed by atoms with van der Waals surface area (Å²) in [7, 11) is 0. The minimum absolute atomic E-state index is 0.199. The number of pyridine rings is 1. The second kappa shape index (κ2) is 6.76. The maximum Gasteiger partial charge on any atom is 0.276 e. The number of hydrogen-bond acceptors (Lipinski definition) is 6. The van der Waals surface area contributed by atoms with Crippen LogP contribution in [0.15, 0.2) is 47.2 Å². The Morgan fingerprint density at radius 3 is 2.96 bits per heavy atom. The molecule has 7 heteroatoms. The molecule has 3 heterocycles. The number of aliphatic hydroxyl groups excluding tert-OH is 1. The maximum absolute atomic E-state index is 12.4. The number of nitrogens with zero attached hydrogens (tertiary/aromatic N) is 3. The van der Waals surface area contributed by atoms with Crippen molar-refractivity contribution in [2.75, 3.05) is 13.1 Å². The molecule has 0 bridgehead atoms. The number of rotatable bonds is 3. The first-order valence-corrected chi connectivity index (χ1v) is 8.51. The van der Waals surface area contributed by atoms with Crippen LogP contribution in [-0.2, 0) is 0 Å². The van der Waals surface area contributed by atoms with Crippen molar-refractivity contribution in [3.05, 3.63) is 54.2 Å². The zero-order chi connectivity index (χ0) is 18.1. The molecule has 0 spiro atoms. The Balaban J connectivity index is 1.42. The van der Waals surface area contributed by atoms with Crippen LogP contribution in [0.25, 0.3) is 10.8 Å². The smallest absolute Gasteiger partial charge is 0.276 e. The molecule has 4 rings (SSSR count). The number of β-amino-alcohol motifs (C(OH)–C–C–N with tert-alkyl or cyclic N) is 1. The van der Waals surface area contributed by atoms with Gasteiger partial charge in [0.2, 0.25) is 0 Å². The van der Waals surface area contributed by atoms with Crippen molar-refractivity contribution in [2.24, 2.45) is 0 Å². The highest BCUT2D eigenvalue weighted by Crippen LogP contribution is 2.24. The molecular formula is C19H19N3O4. The number of likely N-dealkylation sites (tertiary alicyclic amines) is 1. The summed E-state index contributed by atoms with van der Waals surface area (Å²) in [5.74, 6) is 1.02.